The van der Waals surface area contributed by atoms with Crippen molar-refractivity contribution in [1.82, 2.24) is 0 Å². The number of rotatable bonds is 5. The van der Waals surface area contributed by atoms with Gasteiger partial charge in [0.25, 0.3) is 0 Å². The fourth-order valence-electron chi connectivity index (χ4n) is 2.16. The second-order valence-electron chi connectivity index (χ2n) is 5.13. The minimum Gasteiger partial charge on any atom is -0.481 e. The first-order valence-corrected chi connectivity index (χ1v) is 6.58. The molecule has 18 heavy (non-hydrogen) atoms. The van der Waals surface area contributed by atoms with Crippen molar-refractivity contribution in [3.05, 3.63) is 0 Å². The standard InChI is InChI=1S/C7H12O.C6H10O4/c1-5-2-3-6-7(4-5)8-6;7-5(8)3-1-2-4-6(9)10/h5-7H,2-4H2,1H3;1-4H2,(H,7,8)(H,9,10). The largest absolute Gasteiger partial charge is 0.481 e. The van der Waals surface area contributed by atoms with Crippen LogP contribution in [-0.4, -0.2) is 34.4 Å². The summed E-state index contributed by atoms with van der Waals surface area (Å²) in [5.41, 5.74) is 0. The predicted octanol–water partition coefficient (Wildman–Crippen LogP) is 2.29. The number of carboxylic acid groups (broad SMARTS) is 2. The van der Waals surface area contributed by atoms with Crippen molar-refractivity contribution in [2.45, 2.75) is 64.1 Å². The molecule has 0 aromatic rings. The highest BCUT2D eigenvalue weighted by Gasteiger charge is 2.42. The highest BCUT2D eigenvalue weighted by Crippen LogP contribution is 2.38. The number of epoxide rings is 1. The number of carboxylic acids is 2. The number of aliphatic carboxylic acids is 2. The SMILES string of the molecule is CC1CCC2OC2C1.O=C(O)CCCCC(=O)O. The molecule has 2 N–H and O–H groups in total. The van der Waals surface area contributed by atoms with Gasteiger partial charge in [-0.05, 0) is 38.0 Å². The first kappa shape index (κ1) is 15.0. The molecule has 0 amide bonds. The van der Waals surface area contributed by atoms with Crippen LogP contribution < -0.4 is 0 Å². The maximum absolute atomic E-state index is 9.90. The molecule has 5 heteroatoms. The molecule has 2 aliphatic rings. The zero-order valence-corrected chi connectivity index (χ0v) is 10.8. The van der Waals surface area contributed by atoms with E-state index in [1.165, 1.54) is 19.3 Å². The average molecular weight is 258 g/mol. The van der Waals surface area contributed by atoms with Gasteiger partial charge in [0, 0.05) is 12.8 Å². The average Bonchev–Trinajstić information content (AvgIpc) is 3.03. The van der Waals surface area contributed by atoms with E-state index in [9.17, 15) is 9.59 Å². The third-order valence-electron chi connectivity index (χ3n) is 3.30. The minimum absolute atomic E-state index is 0.0628. The Morgan fingerprint density at radius 2 is 1.61 bits per heavy atom. The zero-order chi connectivity index (χ0) is 13.5. The number of ether oxygens (including phenoxy) is 1. The Morgan fingerprint density at radius 1 is 1.06 bits per heavy atom. The number of unbranched alkanes of at least 4 members (excludes halogenated alkanes) is 1. The van der Waals surface area contributed by atoms with Gasteiger partial charge in [0.15, 0.2) is 0 Å². The predicted molar refractivity (Wildman–Crippen MR) is 65.4 cm³/mol. The van der Waals surface area contributed by atoms with E-state index in [4.69, 9.17) is 14.9 Å². The van der Waals surface area contributed by atoms with Gasteiger partial charge in [0.1, 0.15) is 0 Å². The fourth-order valence-corrected chi connectivity index (χ4v) is 2.16. The van der Waals surface area contributed by atoms with Crippen LogP contribution in [0.4, 0.5) is 0 Å². The molecular formula is C13H22O5. The molecule has 1 saturated heterocycles. The van der Waals surface area contributed by atoms with Gasteiger partial charge < -0.3 is 14.9 Å². The molecule has 0 aromatic carbocycles. The van der Waals surface area contributed by atoms with E-state index in [2.05, 4.69) is 6.92 Å². The summed E-state index contributed by atoms with van der Waals surface area (Å²) in [5, 5.41) is 16.3. The van der Waals surface area contributed by atoms with E-state index >= 15 is 0 Å². The molecule has 2 fully saturated rings. The van der Waals surface area contributed by atoms with Crippen LogP contribution in [0.1, 0.15) is 51.9 Å². The van der Waals surface area contributed by atoms with Crippen LogP contribution in [0.15, 0.2) is 0 Å². The minimum atomic E-state index is -0.870. The number of hydrogen-bond donors (Lipinski definition) is 2. The second kappa shape index (κ2) is 7.36. The molecular weight excluding hydrogens is 236 g/mol. The quantitative estimate of drug-likeness (QED) is 0.583. The molecule has 5 nitrogen and oxygen atoms in total. The van der Waals surface area contributed by atoms with Gasteiger partial charge in [0.2, 0.25) is 0 Å². The second-order valence-corrected chi connectivity index (χ2v) is 5.13. The zero-order valence-electron chi connectivity index (χ0n) is 10.8. The normalized spacial score (nSPS) is 28.6. The van der Waals surface area contributed by atoms with Gasteiger partial charge >= 0.3 is 11.9 Å². The van der Waals surface area contributed by atoms with E-state index < -0.39 is 11.9 Å². The first-order chi connectivity index (χ1) is 8.49. The molecule has 104 valence electrons. The lowest BCUT2D eigenvalue weighted by atomic mass is 9.91. The molecule has 0 aromatic heterocycles. The van der Waals surface area contributed by atoms with Crippen LogP contribution in [0.3, 0.4) is 0 Å². The highest BCUT2D eigenvalue weighted by atomic mass is 16.6. The molecule has 3 atom stereocenters. The molecule has 0 radical (unpaired) electrons. The van der Waals surface area contributed by atoms with Crippen molar-refractivity contribution in [3.8, 4) is 0 Å². The summed E-state index contributed by atoms with van der Waals surface area (Å²) in [5.74, 6) is -0.811. The van der Waals surface area contributed by atoms with Gasteiger partial charge in [-0.2, -0.15) is 0 Å². The number of carbonyl (C=O) groups is 2. The third-order valence-corrected chi connectivity index (χ3v) is 3.30. The van der Waals surface area contributed by atoms with Crippen LogP contribution in [0.2, 0.25) is 0 Å². The topological polar surface area (TPSA) is 87.1 Å². The summed E-state index contributed by atoms with van der Waals surface area (Å²) in [7, 11) is 0. The van der Waals surface area contributed by atoms with Gasteiger partial charge in [-0.25, -0.2) is 0 Å². The molecule has 1 heterocycles. The smallest absolute Gasteiger partial charge is 0.303 e. The van der Waals surface area contributed by atoms with Gasteiger partial charge in [0.05, 0.1) is 12.2 Å². The molecule has 1 aliphatic heterocycles. The maximum atomic E-state index is 9.90. The Labute approximate surface area is 107 Å². The van der Waals surface area contributed by atoms with Crippen molar-refractivity contribution in [3.63, 3.8) is 0 Å². The summed E-state index contributed by atoms with van der Waals surface area (Å²) in [6, 6.07) is 0. The molecule has 0 spiro atoms. The molecule has 2 rings (SSSR count). The Bertz CT molecular complexity index is 273. The molecule has 3 unspecified atom stereocenters. The van der Waals surface area contributed by atoms with E-state index in [0.29, 0.717) is 25.0 Å². The summed E-state index contributed by atoms with van der Waals surface area (Å²) in [6.45, 7) is 2.32. The lowest BCUT2D eigenvalue weighted by Crippen LogP contribution is -2.09. The monoisotopic (exact) mass is 258 g/mol. The van der Waals surface area contributed by atoms with Crippen LogP contribution in [0, 0.1) is 5.92 Å². The Morgan fingerprint density at radius 3 is 2.00 bits per heavy atom. The van der Waals surface area contributed by atoms with Crippen LogP contribution in [0.5, 0.6) is 0 Å². The van der Waals surface area contributed by atoms with Crippen molar-refractivity contribution < 1.29 is 24.5 Å². The first-order valence-electron chi connectivity index (χ1n) is 6.58. The lowest BCUT2D eigenvalue weighted by Gasteiger charge is -2.11. The molecule has 0 bridgehead atoms. The Balaban J connectivity index is 0.000000182. The summed E-state index contributed by atoms with van der Waals surface area (Å²) in [4.78, 5) is 19.8. The van der Waals surface area contributed by atoms with Gasteiger partial charge in [-0.3, -0.25) is 9.59 Å². The highest BCUT2D eigenvalue weighted by molar-refractivity contribution is 5.67. The summed E-state index contributed by atoms with van der Waals surface area (Å²) >= 11 is 0. The van der Waals surface area contributed by atoms with Crippen molar-refractivity contribution in [1.29, 1.82) is 0 Å². The van der Waals surface area contributed by atoms with E-state index in [0.717, 1.165) is 5.92 Å². The van der Waals surface area contributed by atoms with Crippen molar-refractivity contribution in [2.24, 2.45) is 5.92 Å². The van der Waals surface area contributed by atoms with E-state index in [-0.39, 0.29) is 12.8 Å². The third kappa shape index (κ3) is 6.59. The number of hydrogen-bond acceptors (Lipinski definition) is 3. The fraction of sp³-hybridized carbons (Fsp3) is 0.846. The van der Waals surface area contributed by atoms with E-state index in [1.807, 2.05) is 0 Å². The summed E-state index contributed by atoms with van der Waals surface area (Å²) in [6.07, 6.45) is 6.42. The van der Waals surface area contributed by atoms with Crippen LogP contribution in [-0.2, 0) is 14.3 Å². The Kier molecular flexibility index (Phi) is 6.12. The van der Waals surface area contributed by atoms with Crippen LogP contribution in [0.25, 0.3) is 0 Å². The van der Waals surface area contributed by atoms with Crippen molar-refractivity contribution in [2.75, 3.05) is 0 Å². The van der Waals surface area contributed by atoms with Gasteiger partial charge in [-0.15, -0.1) is 0 Å². The lowest BCUT2D eigenvalue weighted by molar-refractivity contribution is -0.139. The van der Waals surface area contributed by atoms with Gasteiger partial charge in [-0.1, -0.05) is 6.92 Å². The van der Waals surface area contributed by atoms with E-state index in [1.54, 1.807) is 0 Å². The number of fused-ring (bicyclic) bond motifs is 1. The van der Waals surface area contributed by atoms with Crippen LogP contribution >= 0.6 is 0 Å². The Hall–Kier alpha value is -1.10. The van der Waals surface area contributed by atoms with Crippen molar-refractivity contribution >= 4 is 11.9 Å². The summed E-state index contributed by atoms with van der Waals surface area (Å²) < 4.78 is 5.35. The molecule has 1 saturated carbocycles. The maximum Gasteiger partial charge on any atom is 0.303 e. The molecule has 1 aliphatic carbocycles.